The lowest BCUT2D eigenvalue weighted by molar-refractivity contribution is 0.223. The van der Waals surface area contributed by atoms with E-state index in [0.717, 1.165) is 31.8 Å². The summed E-state index contributed by atoms with van der Waals surface area (Å²) in [6.45, 7) is 4.01. The summed E-state index contributed by atoms with van der Waals surface area (Å²) in [6, 6.07) is 0. The first-order valence-corrected chi connectivity index (χ1v) is 11.3. The van der Waals surface area contributed by atoms with E-state index in [1.54, 1.807) is 0 Å². The quantitative estimate of drug-likeness (QED) is 0.297. The van der Waals surface area contributed by atoms with Crippen LogP contribution in [0.3, 0.4) is 0 Å². The predicted octanol–water partition coefficient (Wildman–Crippen LogP) is 6.00. The summed E-state index contributed by atoms with van der Waals surface area (Å²) in [5, 5.41) is 13.1. The van der Waals surface area contributed by atoms with Crippen molar-refractivity contribution >= 4 is 5.84 Å². The van der Waals surface area contributed by atoms with Gasteiger partial charge in [0.2, 0.25) is 0 Å². The van der Waals surface area contributed by atoms with Crippen molar-refractivity contribution in [1.29, 1.82) is 0 Å². The van der Waals surface area contributed by atoms with Crippen LogP contribution in [0.25, 0.3) is 0 Å². The lowest BCUT2D eigenvalue weighted by Crippen LogP contribution is -2.31. The molecule has 0 spiro atoms. The highest BCUT2D eigenvalue weighted by atomic mass is 16.3. The Kier molecular flexibility index (Phi) is 15.2. The lowest BCUT2D eigenvalue weighted by Gasteiger charge is -2.10. The molecular formula is C22H44N2O. The zero-order valence-electron chi connectivity index (χ0n) is 16.9. The van der Waals surface area contributed by atoms with E-state index in [1.807, 2.05) is 0 Å². The minimum absolute atomic E-state index is 0.353. The van der Waals surface area contributed by atoms with E-state index in [-0.39, 0.29) is 6.10 Å². The van der Waals surface area contributed by atoms with Gasteiger partial charge in [-0.1, -0.05) is 110 Å². The molecule has 0 saturated heterocycles. The fraction of sp³-hybridized carbons (Fsp3) is 0.955. The van der Waals surface area contributed by atoms with Crippen molar-refractivity contribution < 1.29 is 5.11 Å². The molecule has 0 fully saturated rings. The summed E-state index contributed by atoms with van der Waals surface area (Å²) in [5.41, 5.74) is 0. The van der Waals surface area contributed by atoms with E-state index in [2.05, 4.69) is 17.2 Å². The fourth-order valence-corrected chi connectivity index (χ4v) is 3.66. The van der Waals surface area contributed by atoms with E-state index < -0.39 is 0 Å². The Balaban J connectivity index is 1.70. The van der Waals surface area contributed by atoms with Gasteiger partial charge < -0.3 is 10.4 Å². The normalized spacial score (nSPS) is 15.2. The first-order chi connectivity index (χ1) is 12.3. The summed E-state index contributed by atoms with van der Waals surface area (Å²) >= 11 is 0. The van der Waals surface area contributed by atoms with Gasteiger partial charge >= 0.3 is 0 Å². The number of hydrogen-bond donors (Lipinski definition) is 2. The van der Waals surface area contributed by atoms with E-state index in [9.17, 15) is 5.11 Å². The van der Waals surface area contributed by atoms with Crippen LogP contribution in [0.5, 0.6) is 0 Å². The van der Waals surface area contributed by atoms with Crippen molar-refractivity contribution in [2.75, 3.05) is 13.1 Å². The van der Waals surface area contributed by atoms with Crippen molar-refractivity contribution in [3.63, 3.8) is 0 Å². The van der Waals surface area contributed by atoms with Crippen molar-refractivity contribution in [1.82, 2.24) is 5.32 Å². The van der Waals surface area contributed by atoms with Crippen molar-refractivity contribution in [3.05, 3.63) is 0 Å². The zero-order valence-corrected chi connectivity index (χ0v) is 16.9. The molecule has 1 aliphatic heterocycles. The summed E-state index contributed by atoms with van der Waals surface area (Å²) in [7, 11) is 0. The number of nitrogens with zero attached hydrogens (tertiary/aromatic N) is 1. The number of aliphatic hydroxyl groups is 1. The highest BCUT2D eigenvalue weighted by Crippen LogP contribution is 2.14. The Morgan fingerprint density at radius 3 is 1.60 bits per heavy atom. The van der Waals surface area contributed by atoms with Gasteiger partial charge in [0.25, 0.3) is 0 Å². The molecule has 0 saturated carbocycles. The van der Waals surface area contributed by atoms with Gasteiger partial charge in [0.15, 0.2) is 0 Å². The Morgan fingerprint density at radius 1 is 0.760 bits per heavy atom. The molecule has 148 valence electrons. The number of hydrogen-bond acceptors (Lipinski definition) is 3. The highest BCUT2D eigenvalue weighted by molar-refractivity contribution is 5.87. The molecule has 3 nitrogen and oxygen atoms in total. The molecule has 0 aromatic rings. The molecule has 1 atom stereocenters. The smallest absolute Gasteiger partial charge is 0.126 e. The van der Waals surface area contributed by atoms with E-state index in [4.69, 9.17) is 0 Å². The van der Waals surface area contributed by atoms with Gasteiger partial charge in [-0.2, -0.15) is 0 Å². The van der Waals surface area contributed by atoms with Crippen LogP contribution in [0.2, 0.25) is 0 Å². The topological polar surface area (TPSA) is 44.6 Å². The third kappa shape index (κ3) is 13.3. The van der Waals surface area contributed by atoms with Crippen LogP contribution in [0, 0.1) is 0 Å². The van der Waals surface area contributed by atoms with E-state index in [1.165, 1.54) is 96.3 Å². The zero-order chi connectivity index (χ0) is 18.0. The van der Waals surface area contributed by atoms with Gasteiger partial charge in [0.1, 0.15) is 11.9 Å². The molecule has 25 heavy (non-hydrogen) atoms. The van der Waals surface area contributed by atoms with Gasteiger partial charge in [-0.05, 0) is 6.42 Å². The second-order valence-corrected chi connectivity index (χ2v) is 7.80. The Morgan fingerprint density at radius 2 is 1.20 bits per heavy atom. The predicted molar refractivity (Wildman–Crippen MR) is 110 cm³/mol. The average Bonchev–Trinajstić information content (AvgIpc) is 3.16. The molecule has 0 aromatic carbocycles. The monoisotopic (exact) mass is 352 g/mol. The molecule has 2 N–H and O–H groups in total. The summed E-state index contributed by atoms with van der Waals surface area (Å²) in [6.07, 6.45) is 22.8. The minimum Gasteiger partial charge on any atom is -0.385 e. The molecule has 1 unspecified atom stereocenters. The van der Waals surface area contributed by atoms with Crippen molar-refractivity contribution in [3.8, 4) is 0 Å². The molecule has 0 aliphatic carbocycles. The second kappa shape index (κ2) is 16.9. The first-order valence-electron chi connectivity index (χ1n) is 11.3. The SMILES string of the molecule is CCCCCCCCCCCCCCCCCCC(O)C1=NCCN1. The number of nitrogens with one attached hydrogen (secondary N) is 1. The molecule has 0 radical (unpaired) electrons. The van der Waals surface area contributed by atoms with Gasteiger partial charge in [-0.3, -0.25) is 4.99 Å². The summed E-state index contributed by atoms with van der Waals surface area (Å²) in [5.74, 6) is 0.820. The molecule has 1 aliphatic rings. The van der Waals surface area contributed by atoms with Crippen LogP contribution >= 0.6 is 0 Å². The molecule has 0 bridgehead atoms. The van der Waals surface area contributed by atoms with E-state index >= 15 is 0 Å². The molecule has 1 heterocycles. The number of aliphatic imine (C=N–C) groups is 1. The Hall–Kier alpha value is -0.570. The molecule has 1 rings (SSSR count). The maximum Gasteiger partial charge on any atom is 0.126 e. The standard InChI is InChI=1S/C22H44N2O/c1-2-3-4-5-6-7-8-9-10-11-12-13-14-15-16-17-18-21(25)22-23-19-20-24-22/h21,25H,2-20H2,1H3,(H,23,24). The van der Waals surface area contributed by atoms with Gasteiger partial charge in [-0.25, -0.2) is 0 Å². The van der Waals surface area contributed by atoms with Crippen LogP contribution < -0.4 is 5.32 Å². The van der Waals surface area contributed by atoms with Gasteiger partial charge in [0.05, 0.1) is 6.54 Å². The van der Waals surface area contributed by atoms with Crippen LogP contribution in [0.1, 0.15) is 116 Å². The number of amidine groups is 1. The molecular weight excluding hydrogens is 308 g/mol. The Labute approximate surface area is 157 Å². The molecule has 3 heteroatoms. The minimum atomic E-state index is -0.353. The first kappa shape index (κ1) is 22.5. The van der Waals surface area contributed by atoms with Crippen LogP contribution in [-0.4, -0.2) is 30.1 Å². The van der Waals surface area contributed by atoms with Crippen LogP contribution in [-0.2, 0) is 0 Å². The number of aliphatic hydroxyl groups excluding tert-OH is 1. The summed E-state index contributed by atoms with van der Waals surface area (Å²) in [4.78, 5) is 4.28. The average molecular weight is 353 g/mol. The van der Waals surface area contributed by atoms with Crippen LogP contribution in [0.15, 0.2) is 4.99 Å². The maximum atomic E-state index is 9.97. The highest BCUT2D eigenvalue weighted by Gasteiger charge is 2.14. The summed E-state index contributed by atoms with van der Waals surface area (Å²) < 4.78 is 0. The number of rotatable bonds is 18. The fourth-order valence-electron chi connectivity index (χ4n) is 3.66. The van der Waals surface area contributed by atoms with Gasteiger partial charge in [0, 0.05) is 6.54 Å². The third-order valence-electron chi connectivity index (χ3n) is 5.35. The largest absolute Gasteiger partial charge is 0.385 e. The molecule has 0 aromatic heterocycles. The van der Waals surface area contributed by atoms with Crippen LogP contribution in [0.4, 0.5) is 0 Å². The van der Waals surface area contributed by atoms with Gasteiger partial charge in [-0.15, -0.1) is 0 Å². The lowest BCUT2D eigenvalue weighted by atomic mass is 10.0. The third-order valence-corrected chi connectivity index (χ3v) is 5.35. The van der Waals surface area contributed by atoms with Crippen molar-refractivity contribution in [2.24, 2.45) is 4.99 Å². The number of unbranched alkanes of at least 4 members (excludes halogenated alkanes) is 15. The second-order valence-electron chi connectivity index (χ2n) is 7.80. The molecule has 0 amide bonds. The van der Waals surface area contributed by atoms with Crippen molar-refractivity contribution in [2.45, 2.75) is 122 Å². The Bertz CT molecular complexity index is 317. The maximum absolute atomic E-state index is 9.97. The van der Waals surface area contributed by atoms with E-state index in [0.29, 0.717) is 0 Å².